The van der Waals surface area contributed by atoms with E-state index in [2.05, 4.69) is 245 Å². The quantitative estimate of drug-likeness (QED) is 0.165. The van der Waals surface area contributed by atoms with Crippen molar-refractivity contribution in [1.82, 2.24) is 14.1 Å². The fourth-order valence-corrected chi connectivity index (χ4v) is 14.1. The van der Waals surface area contributed by atoms with Crippen LogP contribution in [0.3, 0.4) is 0 Å². The van der Waals surface area contributed by atoms with Gasteiger partial charge < -0.3 is 9.38 Å². The van der Waals surface area contributed by atoms with Crippen LogP contribution in [0, 0.1) is 0 Å². The second-order valence-electron chi connectivity index (χ2n) is 23.2. The maximum absolute atomic E-state index is 5.63. The maximum Gasteiger partial charge on any atom is 0.333 e. The van der Waals surface area contributed by atoms with Crippen molar-refractivity contribution in [3.63, 3.8) is 0 Å². The predicted octanol–water partition coefficient (Wildman–Crippen LogP) is 16.3. The average Bonchev–Trinajstić information content (AvgIpc) is 4.10. The van der Waals surface area contributed by atoms with E-state index in [1.54, 1.807) is 0 Å². The van der Waals surface area contributed by atoms with Gasteiger partial charge in [0.05, 0.1) is 22.1 Å². The molecule has 12 aromatic rings. The molecule has 0 amide bonds. The topological polar surface area (TPSA) is 26.0 Å². The van der Waals surface area contributed by atoms with Crippen molar-refractivity contribution in [2.75, 3.05) is 4.81 Å². The Morgan fingerprint density at radius 2 is 1.18 bits per heavy atom. The van der Waals surface area contributed by atoms with Crippen LogP contribution >= 0.6 is 11.3 Å². The Bertz CT molecular complexity index is 4310. The Morgan fingerprint density at radius 1 is 0.486 bits per heavy atom. The summed E-state index contributed by atoms with van der Waals surface area (Å²) < 4.78 is 7.68. The maximum atomic E-state index is 5.63. The Kier molecular flexibility index (Phi) is 8.33. The van der Waals surface area contributed by atoms with Crippen LogP contribution in [0.5, 0.6) is 0 Å². The molecule has 5 heterocycles. The van der Waals surface area contributed by atoms with Gasteiger partial charge in [-0.1, -0.05) is 165 Å². The number of fused-ring (bicyclic) bond motifs is 15. The average molecular weight is 945 g/mol. The first kappa shape index (κ1) is 42.1. The highest BCUT2D eigenvalue weighted by Gasteiger charge is 2.46. The second kappa shape index (κ2) is 14.3. The second-order valence-corrected chi connectivity index (χ2v) is 24.3. The van der Waals surface area contributed by atoms with Crippen molar-refractivity contribution < 1.29 is 0 Å². The number of nitrogens with zero attached hydrogens (tertiary/aromatic N) is 4. The molecule has 0 bridgehead atoms. The molecule has 0 fully saturated rings. The van der Waals surface area contributed by atoms with Crippen molar-refractivity contribution in [3.8, 4) is 45.0 Å². The van der Waals surface area contributed by atoms with E-state index in [0.29, 0.717) is 0 Å². The van der Waals surface area contributed by atoms with Gasteiger partial charge in [0.25, 0.3) is 0 Å². The highest BCUT2D eigenvalue weighted by Crippen LogP contribution is 2.53. The van der Waals surface area contributed by atoms with Crippen molar-refractivity contribution in [1.29, 1.82) is 0 Å². The third-order valence-corrected chi connectivity index (χ3v) is 17.7. The normalized spacial score (nSPS) is 14.4. The summed E-state index contributed by atoms with van der Waals surface area (Å²) in [7, 11) is 0. The van der Waals surface area contributed by atoms with Crippen LogP contribution in [0.1, 0.15) is 77.6 Å². The molecule has 0 saturated carbocycles. The minimum Gasteiger partial charge on any atom is -0.376 e. The Labute approximate surface area is 424 Å². The fourth-order valence-electron chi connectivity index (χ4n) is 12.9. The Morgan fingerprint density at radius 3 is 1.94 bits per heavy atom. The van der Waals surface area contributed by atoms with Gasteiger partial charge in [0.15, 0.2) is 0 Å². The summed E-state index contributed by atoms with van der Waals surface area (Å²) in [5.74, 6) is 0.933. The summed E-state index contributed by atoms with van der Waals surface area (Å²) in [6, 6.07) is 67.1. The molecule has 0 saturated heterocycles. The SMILES string of the molecule is CC(C)(C)c1ccc(N2B3c4cc5nc(-c6ccccc6)n(-c6ccccc6)c5cc4-n4c5cc6c(cc5c5ccc(c3c54)-c3cc4sc5cc(C(C)(C)C)ccc5c4cc32)-c2ccccc2C6(C)C)cc1. The Balaban J connectivity index is 1.10. The van der Waals surface area contributed by atoms with Crippen LogP contribution in [0.2, 0.25) is 0 Å². The van der Waals surface area contributed by atoms with Crippen LogP contribution in [0.4, 0.5) is 11.4 Å². The summed E-state index contributed by atoms with van der Waals surface area (Å²) in [4.78, 5) is 8.32. The molecule has 72 heavy (non-hydrogen) atoms. The highest BCUT2D eigenvalue weighted by atomic mass is 32.1. The van der Waals surface area contributed by atoms with E-state index in [0.717, 1.165) is 28.1 Å². The van der Waals surface area contributed by atoms with Gasteiger partial charge in [-0.25, -0.2) is 4.98 Å². The molecule has 6 heteroatoms. The number of anilines is 2. The molecule has 0 radical (unpaired) electrons. The summed E-state index contributed by atoms with van der Waals surface area (Å²) in [5, 5.41) is 5.20. The van der Waals surface area contributed by atoms with E-state index in [-0.39, 0.29) is 23.1 Å². The van der Waals surface area contributed by atoms with Gasteiger partial charge in [-0.15, -0.1) is 11.3 Å². The van der Waals surface area contributed by atoms with E-state index >= 15 is 0 Å². The molecule has 0 spiro atoms. The predicted molar refractivity (Wildman–Crippen MR) is 308 cm³/mol. The molecule has 0 N–H and O–H groups in total. The number of aromatic nitrogens is 3. The molecule has 3 aromatic heterocycles. The molecule has 15 rings (SSSR count). The first-order valence-electron chi connectivity index (χ1n) is 25.6. The third-order valence-electron chi connectivity index (χ3n) is 16.6. The van der Waals surface area contributed by atoms with Crippen LogP contribution in [0.15, 0.2) is 176 Å². The molecule has 346 valence electrons. The number of hydrogen-bond donors (Lipinski definition) is 0. The highest BCUT2D eigenvalue weighted by molar-refractivity contribution is 7.25. The zero-order valence-electron chi connectivity index (χ0n) is 42.0. The van der Waals surface area contributed by atoms with Gasteiger partial charge in [0.1, 0.15) is 5.82 Å². The smallest absolute Gasteiger partial charge is 0.333 e. The summed E-state index contributed by atoms with van der Waals surface area (Å²) in [6.07, 6.45) is 0. The van der Waals surface area contributed by atoms with Gasteiger partial charge in [-0.3, -0.25) is 4.57 Å². The van der Waals surface area contributed by atoms with E-state index in [9.17, 15) is 0 Å². The Hall–Kier alpha value is -7.67. The molecule has 3 aliphatic rings. The standard InChI is InChI=1S/C66H53BN4S/c1-64(2,3)39-23-26-42(27-24-39)71-56-33-50-44-28-25-40(65(4,5)6)31-59(44)72-60(50)34-49(56)45-29-30-46-48-32-47-43-21-15-16-22-51(43)66(7,8)52(47)35-55(48)70-57-37-58-54(36-53(57)67(71)61(45)62(46)70)68-63(38-17-11-9-12-18-38)69(58)41-19-13-10-14-20-41/h9-37H,1-8H3. The zero-order chi connectivity index (χ0) is 48.7. The van der Waals surface area contributed by atoms with Crippen LogP contribution < -0.4 is 15.7 Å². The van der Waals surface area contributed by atoms with Crippen LogP contribution in [0.25, 0.3) is 98.0 Å². The van der Waals surface area contributed by atoms with Gasteiger partial charge in [0, 0.05) is 70.2 Å². The van der Waals surface area contributed by atoms with Crippen molar-refractivity contribution in [2.24, 2.45) is 0 Å². The van der Waals surface area contributed by atoms with E-state index in [1.807, 2.05) is 11.3 Å². The van der Waals surface area contributed by atoms with Crippen molar-refractivity contribution >= 4 is 93.5 Å². The number of hydrogen-bond acceptors (Lipinski definition) is 3. The van der Waals surface area contributed by atoms with Gasteiger partial charge in [0.2, 0.25) is 0 Å². The van der Waals surface area contributed by atoms with E-state index in [1.165, 1.54) is 114 Å². The minimum absolute atomic E-state index is 0.0121. The number of para-hydroxylation sites is 1. The van der Waals surface area contributed by atoms with Gasteiger partial charge in [-0.05, 0) is 127 Å². The van der Waals surface area contributed by atoms with Crippen LogP contribution in [-0.4, -0.2) is 21.0 Å². The molecular formula is C66H53BN4S. The first-order valence-corrected chi connectivity index (χ1v) is 26.4. The number of thiophene rings is 1. The molecule has 0 unspecified atom stereocenters. The number of imidazole rings is 1. The number of rotatable bonds is 3. The summed E-state index contributed by atoms with van der Waals surface area (Å²) in [5.41, 5.74) is 23.6. The molecule has 4 nitrogen and oxygen atoms in total. The fraction of sp³-hybridized carbons (Fsp3) is 0.167. The zero-order valence-corrected chi connectivity index (χ0v) is 42.8. The van der Waals surface area contributed by atoms with Crippen LogP contribution in [-0.2, 0) is 16.2 Å². The van der Waals surface area contributed by atoms with Gasteiger partial charge >= 0.3 is 6.85 Å². The molecule has 1 aliphatic carbocycles. The lowest BCUT2D eigenvalue weighted by atomic mass is 9.44. The van der Waals surface area contributed by atoms with E-state index in [4.69, 9.17) is 4.98 Å². The van der Waals surface area contributed by atoms with E-state index < -0.39 is 0 Å². The molecule has 9 aromatic carbocycles. The first-order chi connectivity index (χ1) is 34.7. The number of benzene rings is 9. The van der Waals surface area contributed by atoms with Crippen molar-refractivity contribution in [3.05, 3.63) is 198 Å². The largest absolute Gasteiger partial charge is 0.376 e. The summed E-state index contributed by atoms with van der Waals surface area (Å²) >= 11 is 1.93. The lowest BCUT2D eigenvalue weighted by Gasteiger charge is -2.42. The van der Waals surface area contributed by atoms with Gasteiger partial charge in [-0.2, -0.15) is 0 Å². The minimum atomic E-state index is -0.159. The van der Waals surface area contributed by atoms with Crippen molar-refractivity contribution in [2.45, 2.75) is 71.6 Å². The molecular weight excluding hydrogens is 892 g/mol. The monoisotopic (exact) mass is 944 g/mol. The lowest BCUT2D eigenvalue weighted by Crippen LogP contribution is -2.60. The lowest BCUT2D eigenvalue weighted by molar-refractivity contribution is 0.590. The molecule has 2 aliphatic heterocycles. The summed E-state index contributed by atoms with van der Waals surface area (Å²) in [6.45, 7) is 18.5. The third kappa shape index (κ3) is 5.67. The molecule has 0 atom stereocenters.